The quantitative estimate of drug-likeness (QED) is 0.625. The van der Waals surface area contributed by atoms with Crippen molar-refractivity contribution in [3.8, 4) is 5.75 Å². The molecule has 1 aliphatic rings. The minimum atomic E-state index is -0.833. The summed E-state index contributed by atoms with van der Waals surface area (Å²) in [5.74, 6) is -1.10. The van der Waals surface area contributed by atoms with Crippen LogP contribution in [-0.2, 0) is 20.8 Å². The van der Waals surface area contributed by atoms with Crippen LogP contribution in [0.1, 0.15) is 12.0 Å². The number of rotatable bonds is 4. The molecule has 7 nitrogen and oxygen atoms in total. The van der Waals surface area contributed by atoms with E-state index in [1.54, 1.807) is 12.1 Å². The zero-order valence-electron chi connectivity index (χ0n) is 11.6. The van der Waals surface area contributed by atoms with Crippen LogP contribution in [0.15, 0.2) is 24.3 Å². The first kappa shape index (κ1) is 15.0. The highest BCUT2D eigenvalue weighted by atomic mass is 16.3. The maximum Gasteiger partial charge on any atom is 0.252 e. The molecule has 0 spiro atoms. The molecule has 2 atom stereocenters. The molecule has 4 N–H and O–H groups in total. The van der Waals surface area contributed by atoms with E-state index in [2.05, 4.69) is 5.32 Å². The van der Waals surface area contributed by atoms with Gasteiger partial charge in [-0.15, -0.1) is 0 Å². The number of nitrogens with zero attached hydrogens (tertiary/aromatic N) is 1. The van der Waals surface area contributed by atoms with Crippen LogP contribution in [0.3, 0.4) is 0 Å². The van der Waals surface area contributed by atoms with Crippen molar-refractivity contribution in [1.82, 2.24) is 10.2 Å². The maximum atomic E-state index is 12.0. The summed E-state index contributed by atoms with van der Waals surface area (Å²) < 4.78 is 0. The van der Waals surface area contributed by atoms with Gasteiger partial charge in [0.15, 0.2) is 0 Å². The molecular formula is C14H17N3O4. The van der Waals surface area contributed by atoms with Crippen molar-refractivity contribution in [1.29, 1.82) is 0 Å². The Kier molecular flexibility index (Phi) is 4.23. The lowest BCUT2D eigenvalue weighted by Gasteiger charge is -2.15. The summed E-state index contributed by atoms with van der Waals surface area (Å²) in [6, 6.07) is 4.69. The van der Waals surface area contributed by atoms with Crippen LogP contribution in [0.2, 0.25) is 0 Å². The van der Waals surface area contributed by atoms with Crippen molar-refractivity contribution in [2.24, 2.45) is 5.73 Å². The van der Waals surface area contributed by atoms with E-state index in [4.69, 9.17) is 5.73 Å². The molecule has 0 aliphatic carbocycles. The van der Waals surface area contributed by atoms with E-state index < -0.39 is 23.9 Å². The van der Waals surface area contributed by atoms with E-state index in [1.807, 2.05) is 0 Å². The van der Waals surface area contributed by atoms with Crippen LogP contribution >= 0.6 is 0 Å². The number of amides is 3. The van der Waals surface area contributed by atoms with Gasteiger partial charge in [0.05, 0.1) is 12.5 Å². The van der Waals surface area contributed by atoms with Gasteiger partial charge in [-0.25, -0.2) is 0 Å². The van der Waals surface area contributed by atoms with Gasteiger partial charge in [0.25, 0.3) is 5.91 Å². The van der Waals surface area contributed by atoms with Gasteiger partial charge in [-0.3, -0.25) is 19.3 Å². The molecule has 0 aromatic heterocycles. The molecule has 1 saturated heterocycles. The molecule has 0 radical (unpaired) electrons. The normalized spacial score (nSPS) is 19.7. The van der Waals surface area contributed by atoms with E-state index >= 15 is 0 Å². The van der Waals surface area contributed by atoms with E-state index in [0.29, 0.717) is 0 Å². The first-order valence-electron chi connectivity index (χ1n) is 6.52. The monoisotopic (exact) mass is 291 g/mol. The largest absolute Gasteiger partial charge is 0.508 e. The standard InChI is InChI=1S/C14H17N3O4/c1-17-12(19)7-11(14(17)21)16-13(20)10(15)6-8-2-4-9(18)5-3-8/h2-5,10-11,18H,6-7,15H2,1H3,(H,16,20)/t10-,11?/m1/s1. The average Bonchev–Trinajstić information content (AvgIpc) is 2.69. The Morgan fingerprint density at radius 3 is 2.57 bits per heavy atom. The molecule has 112 valence electrons. The molecule has 2 rings (SSSR count). The number of phenols is 1. The number of nitrogens with two attached hydrogens (primary N) is 1. The topological polar surface area (TPSA) is 113 Å². The molecule has 21 heavy (non-hydrogen) atoms. The highest BCUT2D eigenvalue weighted by Gasteiger charge is 2.37. The lowest BCUT2D eigenvalue weighted by Crippen LogP contribution is -2.48. The van der Waals surface area contributed by atoms with Crippen molar-refractivity contribution in [3.63, 3.8) is 0 Å². The minimum Gasteiger partial charge on any atom is -0.508 e. The maximum absolute atomic E-state index is 12.0. The first-order chi connectivity index (χ1) is 9.88. The van der Waals surface area contributed by atoms with Gasteiger partial charge in [0.1, 0.15) is 11.8 Å². The number of carbonyl (C=O) groups excluding carboxylic acids is 3. The van der Waals surface area contributed by atoms with Crippen molar-refractivity contribution < 1.29 is 19.5 Å². The fraction of sp³-hybridized carbons (Fsp3) is 0.357. The van der Waals surface area contributed by atoms with Gasteiger partial charge >= 0.3 is 0 Å². The molecule has 1 aromatic rings. The molecular weight excluding hydrogens is 274 g/mol. The number of likely N-dealkylation sites (N-methyl/N-ethyl adjacent to an activating group) is 1. The number of phenolic OH excluding ortho intramolecular Hbond substituents is 1. The van der Waals surface area contributed by atoms with E-state index in [0.717, 1.165) is 10.5 Å². The number of benzene rings is 1. The van der Waals surface area contributed by atoms with Crippen LogP contribution in [0.4, 0.5) is 0 Å². The molecule has 3 amide bonds. The number of carbonyl (C=O) groups is 3. The molecule has 7 heteroatoms. The summed E-state index contributed by atoms with van der Waals surface area (Å²) in [5, 5.41) is 11.7. The fourth-order valence-electron chi connectivity index (χ4n) is 2.13. The Morgan fingerprint density at radius 2 is 2.05 bits per heavy atom. The zero-order chi connectivity index (χ0) is 15.6. The van der Waals surface area contributed by atoms with Gasteiger partial charge in [0, 0.05) is 7.05 Å². The Labute approximate surface area is 121 Å². The van der Waals surface area contributed by atoms with Gasteiger partial charge in [-0.05, 0) is 24.1 Å². The third-order valence-electron chi connectivity index (χ3n) is 3.43. The molecule has 1 aromatic carbocycles. The molecule has 0 bridgehead atoms. The van der Waals surface area contributed by atoms with Crippen LogP contribution in [-0.4, -0.2) is 46.9 Å². The van der Waals surface area contributed by atoms with Gasteiger partial charge in [-0.1, -0.05) is 12.1 Å². The van der Waals surface area contributed by atoms with Gasteiger partial charge in [-0.2, -0.15) is 0 Å². The highest BCUT2D eigenvalue weighted by molar-refractivity contribution is 6.06. The van der Waals surface area contributed by atoms with E-state index in [1.165, 1.54) is 19.2 Å². The summed E-state index contributed by atoms with van der Waals surface area (Å²) in [4.78, 5) is 36.0. The summed E-state index contributed by atoms with van der Waals surface area (Å²) >= 11 is 0. The van der Waals surface area contributed by atoms with Crippen molar-refractivity contribution in [2.75, 3.05) is 7.05 Å². The second kappa shape index (κ2) is 5.92. The van der Waals surface area contributed by atoms with Crippen LogP contribution in [0.25, 0.3) is 0 Å². The second-order valence-electron chi connectivity index (χ2n) is 5.03. The summed E-state index contributed by atoms with van der Waals surface area (Å²) in [7, 11) is 1.38. The average molecular weight is 291 g/mol. The number of hydrogen-bond donors (Lipinski definition) is 3. The predicted molar refractivity (Wildman–Crippen MR) is 74.1 cm³/mol. The molecule has 1 aliphatic heterocycles. The number of imide groups is 1. The van der Waals surface area contributed by atoms with E-state index in [-0.39, 0.29) is 24.5 Å². The fourth-order valence-corrected chi connectivity index (χ4v) is 2.13. The second-order valence-corrected chi connectivity index (χ2v) is 5.03. The van der Waals surface area contributed by atoms with E-state index in [9.17, 15) is 19.5 Å². The predicted octanol–water partition coefficient (Wildman–Crippen LogP) is -0.864. The van der Waals surface area contributed by atoms with Crippen LogP contribution in [0.5, 0.6) is 5.75 Å². The summed E-state index contributed by atoms with van der Waals surface area (Å²) in [6.07, 6.45) is 0.240. The number of likely N-dealkylation sites (tertiary alicyclic amines) is 1. The molecule has 0 saturated carbocycles. The number of aromatic hydroxyl groups is 1. The molecule has 1 fully saturated rings. The van der Waals surface area contributed by atoms with Crippen molar-refractivity contribution in [2.45, 2.75) is 24.9 Å². The Hall–Kier alpha value is -2.41. The van der Waals surface area contributed by atoms with Gasteiger partial charge < -0.3 is 16.2 Å². The Balaban J connectivity index is 1.92. The van der Waals surface area contributed by atoms with Crippen molar-refractivity contribution >= 4 is 17.7 Å². The first-order valence-corrected chi connectivity index (χ1v) is 6.52. The lowest BCUT2D eigenvalue weighted by molar-refractivity contribution is -0.138. The minimum absolute atomic E-state index is 0.0347. The third-order valence-corrected chi connectivity index (χ3v) is 3.43. The van der Waals surface area contributed by atoms with Crippen LogP contribution in [0, 0.1) is 0 Å². The summed E-state index contributed by atoms with van der Waals surface area (Å²) in [6.45, 7) is 0. The molecule has 1 heterocycles. The van der Waals surface area contributed by atoms with Crippen LogP contribution < -0.4 is 11.1 Å². The SMILES string of the molecule is CN1C(=O)CC(NC(=O)[C@H](N)Cc2ccc(O)cc2)C1=O. The lowest BCUT2D eigenvalue weighted by atomic mass is 10.1. The highest BCUT2D eigenvalue weighted by Crippen LogP contribution is 2.12. The summed E-state index contributed by atoms with van der Waals surface area (Å²) in [5.41, 5.74) is 6.59. The Morgan fingerprint density at radius 1 is 1.43 bits per heavy atom. The third kappa shape index (κ3) is 3.38. The smallest absolute Gasteiger partial charge is 0.252 e. The number of nitrogens with one attached hydrogen (secondary N) is 1. The Bertz CT molecular complexity index is 570. The van der Waals surface area contributed by atoms with Crippen molar-refractivity contribution in [3.05, 3.63) is 29.8 Å². The molecule has 1 unspecified atom stereocenters. The zero-order valence-corrected chi connectivity index (χ0v) is 11.6. The van der Waals surface area contributed by atoms with Gasteiger partial charge in [0.2, 0.25) is 11.8 Å². The number of hydrogen-bond acceptors (Lipinski definition) is 5.